The number of alkyl halides is 1. The summed E-state index contributed by atoms with van der Waals surface area (Å²) in [5, 5.41) is 0. The molecule has 1 unspecified atom stereocenters. The first kappa shape index (κ1) is 12.3. The van der Waals surface area contributed by atoms with Crippen molar-refractivity contribution in [2.45, 2.75) is 18.2 Å². The van der Waals surface area contributed by atoms with E-state index >= 15 is 0 Å². The Hall–Kier alpha value is -1.15. The topological polar surface area (TPSA) is 0 Å². The molecule has 0 nitrogen and oxygen atoms in total. The van der Waals surface area contributed by atoms with Gasteiger partial charge in [-0.1, -0.05) is 57.9 Å². The van der Waals surface area contributed by atoms with E-state index in [-0.39, 0.29) is 10.6 Å². The van der Waals surface area contributed by atoms with Gasteiger partial charge < -0.3 is 0 Å². The molecule has 0 spiro atoms. The largest absolute Gasteiger partial charge is 0.207 e. The third-order valence-corrected chi connectivity index (χ3v) is 3.62. The van der Waals surface area contributed by atoms with E-state index in [0.29, 0.717) is 0 Å². The number of benzene rings is 2. The van der Waals surface area contributed by atoms with E-state index in [9.17, 15) is 4.39 Å². The van der Waals surface area contributed by atoms with Crippen LogP contribution >= 0.6 is 15.9 Å². The van der Waals surface area contributed by atoms with Crippen LogP contribution in [0.4, 0.5) is 4.39 Å². The van der Waals surface area contributed by atoms with Crippen molar-refractivity contribution in [1.82, 2.24) is 0 Å². The SMILES string of the molecule is Cc1ccc(CC(Br)c2ccc(F)cc2)cc1. The molecule has 17 heavy (non-hydrogen) atoms. The summed E-state index contributed by atoms with van der Waals surface area (Å²) in [6, 6.07) is 15.1. The van der Waals surface area contributed by atoms with Gasteiger partial charge in [-0.05, 0) is 36.6 Å². The lowest BCUT2D eigenvalue weighted by Crippen LogP contribution is -1.95. The van der Waals surface area contributed by atoms with E-state index in [0.717, 1.165) is 12.0 Å². The van der Waals surface area contributed by atoms with Crippen LogP contribution < -0.4 is 0 Å². The van der Waals surface area contributed by atoms with E-state index < -0.39 is 0 Å². The molecule has 0 heterocycles. The van der Waals surface area contributed by atoms with Gasteiger partial charge in [0, 0.05) is 4.83 Å². The van der Waals surface area contributed by atoms with E-state index in [1.54, 1.807) is 0 Å². The zero-order valence-corrected chi connectivity index (χ0v) is 11.2. The summed E-state index contributed by atoms with van der Waals surface area (Å²) in [5.74, 6) is -0.191. The molecule has 2 heteroatoms. The van der Waals surface area contributed by atoms with Crippen molar-refractivity contribution in [1.29, 1.82) is 0 Å². The average molecular weight is 293 g/mol. The quantitative estimate of drug-likeness (QED) is 0.712. The first-order valence-corrected chi connectivity index (χ1v) is 6.52. The molecule has 88 valence electrons. The number of halogens is 2. The molecule has 0 saturated carbocycles. The molecule has 0 bridgehead atoms. The van der Waals surface area contributed by atoms with Gasteiger partial charge in [0.15, 0.2) is 0 Å². The molecular weight excluding hydrogens is 279 g/mol. The first-order chi connectivity index (χ1) is 8.15. The van der Waals surface area contributed by atoms with Crippen molar-refractivity contribution in [3.8, 4) is 0 Å². The van der Waals surface area contributed by atoms with Crippen LogP contribution in [0.25, 0.3) is 0 Å². The lowest BCUT2D eigenvalue weighted by Gasteiger charge is -2.10. The Bertz CT molecular complexity index is 473. The van der Waals surface area contributed by atoms with Gasteiger partial charge in [0.05, 0.1) is 0 Å². The fourth-order valence-electron chi connectivity index (χ4n) is 1.72. The summed E-state index contributed by atoms with van der Waals surface area (Å²) in [7, 11) is 0. The Morgan fingerprint density at radius 2 is 1.59 bits per heavy atom. The summed E-state index contributed by atoms with van der Waals surface area (Å²) in [6.45, 7) is 2.08. The van der Waals surface area contributed by atoms with Crippen molar-refractivity contribution in [3.63, 3.8) is 0 Å². The second-order valence-corrected chi connectivity index (χ2v) is 5.31. The highest BCUT2D eigenvalue weighted by molar-refractivity contribution is 9.09. The summed E-state index contributed by atoms with van der Waals surface area (Å²) >= 11 is 3.64. The lowest BCUT2D eigenvalue weighted by atomic mass is 10.0. The summed E-state index contributed by atoms with van der Waals surface area (Å²) in [6.07, 6.45) is 0.909. The molecule has 0 aliphatic rings. The highest BCUT2D eigenvalue weighted by Crippen LogP contribution is 2.27. The minimum Gasteiger partial charge on any atom is -0.207 e. The van der Waals surface area contributed by atoms with Gasteiger partial charge in [-0.3, -0.25) is 0 Å². The minimum atomic E-state index is -0.191. The van der Waals surface area contributed by atoms with Crippen LogP contribution in [0.1, 0.15) is 21.5 Å². The molecule has 0 aliphatic carbocycles. The first-order valence-electron chi connectivity index (χ1n) is 5.60. The van der Waals surface area contributed by atoms with Gasteiger partial charge in [-0.2, -0.15) is 0 Å². The Kier molecular flexibility index (Phi) is 3.95. The fourth-order valence-corrected chi connectivity index (χ4v) is 2.40. The molecule has 1 atom stereocenters. The lowest BCUT2D eigenvalue weighted by molar-refractivity contribution is 0.627. The predicted octanol–water partition coefficient (Wildman–Crippen LogP) is 4.81. The van der Waals surface area contributed by atoms with Crippen LogP contribution in [0.2, 0.25) is 0 Å². The second-order valence-electron chi connectivity index (χ2n) is 4.21. The van der Waals surface area contributed by atoms with Gasteiger partial charge in [0.25, 0.3) is 0 Å². The van der Waals surface area contributed by atoms with E-state index in [1.807, 2.05) is 12.1 Å². The maximum Gasteiger partial charge on any atom is 0.123 e. The molecular formula is C15H14BrF. The number of hydrogen-bond donors (Lipinski definition) is 0. The van der Waals surface area contributed by atoms with Crippen molar-refractivity contribution in [2.24, 2.45) is 0 Å². The Labute approximate surface area is 110 Å². The van der Waals surface area contributed by atoms with Crippen LogP contribution in [0, 0.1) is 12.7 Å². The molecule has 0 saturated heterocycles. The molecule has 0 amide bonds. The highest BCUT2D eigenvalue weighted by atomic mass is 79.9. The summed E-state index contributed by atoms with van der Waals surface area (Å²) in [5.41, 5.74) is 3.65. The number of hydrogen-bond acceptors (Lipinski definition) is 0. The normalized spacial score (nSPS) is 12.4. The Balaban J connectivity index is 2.08. The van der Waals surface area contributed by atoms with Crippen LogP contribution in [0.5, 0.6) is 0 Å². The smallest absolute Gasteiger partial charge is 0.123 e. The Morgan fingerprint density at radius 1 is 1.00 bits per heavy atom. The van der Waals surface area contributed by atoms with Gasteiger partial charge in [-0.15, -0.1) is 0 Å². The molecule has 0 radical (unpaired) electrons. The molecule has 0 aliphatic heterocycles. The number of aryl methyl sites for hydroxylation is 1. The third-order valence-electron chi connectivity index (χ3n) is 2.77. The molecule has 2 aromatic carbocycles. The van der Waals surface area contributed by atoms with E-state index in [1.165, 1.54) is 23.3 Å². The molecule has 0 fully saturated rings. The Morgan fingerprint density at radius 3 is 2.18 bits per heavy atom. The van der Waals surface area contributed by atoms with Gasteiger partial charge in [0.2, 0.25) is 0 Å². The third kappa shape index (κ3) is 3.40. The van der Waals surface area contributed by atoms with Crippen LogP contribution in [-0.4, -0.2) is 0 Å². The van der Waals surface area contributed by atoms with Crippen LogP contribution in [0.3, 0.4) is 0 Å². The summed E-state index contributed by atoms with van der Waals surface area (Å²) < 4.78 is 12.8. The monoisotopic (exact) mass is 292 g/mol. The van der Waals surface area contributed by atoms with Gasteiger partial charge >= 0.3 is 0 Å². The summed E-state index contributed by atoms with van der Waals surface area (Å²) in [4.78, 5) is 0.228. The average Bonchev–Trinajstić information content (AvgIpc) is 2.33. The van der Waals surface area contributed by atoms with Crippen molar-refractivity contribution >= 4 is 15.9 Å². The zero-order valence-electron chi connectivity index (χ0n) is 9.66. The highest BCUT2D eigenvalue weighted by Gasteiger charge is 2.08. The second kappa shape index (κ2) is 5.46. The minimum absolute atomic E-state index is 0.191. The predicted molar refractivity (Wildman–Crippen MR) is 73.0 cm³/mol. The van der Waals surface area contributed by atoms with E-state index in [2.05, 4.69) is 47.1 Å². The van der Waals surface area contributed by atoms with Gasteiger partial charge in [-0.25, -0.2) is 4.39 Å². The van der Waals surface area contributed by atoms with Crippen LogP contribution in [0.15, 0.2) is 48.5 Å². The van der Waals surface area contributed by atoms with Crippen LogP contribution in [-0.2, 0) is 6.42 Å². The maximum atomic E-state index is 12.8. The maximum absolute atomic E-state index is 12.8. The molecule has 0 N–H and O–H groups in total. The number of rotatable bonds is 3. The van der Waals surface area contributed by atoms with Crippen molar-refractivity contribution in [2.75, 3.05) is 0 Å². The zero-order chi connectivity index (χ0) is 12.3. The molecule has 2 aromatic rings. The van der Waals surface area contributed by atoms with Crippen molar-refractivity contribution in [3.05, 3.63) is 71.0 Å². The van der Waals surface area contributed by atoms with Gasteiger partial charge in [0.1, 0.15) is 5.82 Å². The molecule has 0 aromatic heterocycles. The molecule has 2 rings (SSSR count). The standard InChI is InChI=1S/C15H14BrF/c1-11-2-4-12(5-3-11)10-15(16)13-6-8-14(17)9-7-13/h2-9,15H,10H2,1H3. The van der Waals surface area contributed by atoms with E-state index in [4.69, 9.17) is 0 Å². The van der Waals surface area contributed by atoms with Crippen molar-refractivity contribution < 1.29 is 4.39 Å². The fraction of sp³-hybridized carbons (Fsp3) is 0.200.